The van der Waals surface area contributed by atoms with E-state index in [0.29, 0.717) is 18.5 Å². The summed E-state index contributed by atoms with van der Waals surface area (Å²) in [6.07, 6.45) is 0. The SMILES string of the molecule is OCCNCC1CNNC1c1ccccc1. The Kier molecular flexibility index (Phi) is 4.30. The molecule has 0 aromatic heterocycles. The van der Waals surface area contributed by atoms with Crippen molar-refractivity contribution in [3.8, 4) is 0 Å². The molecule has 2 atom stereocenters. The summed E-state index contributed by atoms with van der Waals surface area (Å²) >= 11 is 0. The maximum Gasteiger partial charge on any atom is 0.0555 e. The molecule has 1 aromatic rings. The fourth-order valence-corrected chi connectivity index (χ4v) is 2.11. The second kappa shape index (κ2) is 5.96. The molecule has 0 amide bonds. The molecular formula is C12H19N3O. The Morgan fingerprint density at radius 2 is 2.12 bits per heavy atom. The number of aliphatic hydroxyl groups is 1. The first-order chi connectivity index (χ1) is 7.92. The third-order valence-corrected chi connectivity index (χ3v) is 2.95. The lowest BCUT2D eigenvalue weighted by Gasteiger charge is -2.19. The van der Waals surface area contributed by atoms with Gasteiger partial charge >= 0.3 is 0 Å². The third-order valence-electron chi connectivity index (χ3n) is 2.95. The third kappa shape index (κ3) is 2.80. The van der Waals surface area contributed by atoms with Crippen LogP contribution in [-0.2, 0) is 0 Å². The van der Waals surface area contributed by atoms with Gasteiger partial charge in [0.05, 0.1) is 12.6 Å². The van der Waals surface area contributed by atoms with Crippen LogP contribution in [0.15, 0.2) is 30.3 Å². The average Bonchev–Trinajstić information content (AvgIpc) is 2.79. The first-order valence-corrected chi connectivity index (χ1v) is 5.76. The predicted octanol–water partition coefficient (Wildman–Crippen LogP) is 0.0336. The number of benzene rings is 1. The van der Waals surface area contributed by atoms with E-state index in [1.165, 1.54) is 5.56 Å². The second-order valence-electron chi connectivity index (χ2n) is 4.10. The van der Waals surface area contributed by atoms with Crippen molar-refractivity contribution in [3.05, 3.63) is 35.9 Å². The zero-order valence-electron chi connectivity index (χ0n) is 9.32. The molecule has 1 aliphatic heterocycles. The molecule has 0 radical (unpaired) electrons. The number of rotatable bonds is 5. The van der Waals surface area contributed by atoms with Crippen molar-refractivity contribution in [2.75, 3.05) is 26.2 Å². The topological polar surface area (TPSA) is 56.3 Å². The lowest BCUT2D eigenvalue weighted by Crippen LogP contribution is -2.30. The van der Waals surface area contributed by atoms with Crippen molar-refractivity contribution in [1.82, 2.24) is 16.2 Å². The summed E-state index contributed by atoms with van der Waals surface area (Å²) in [5.74, 6) is 0.522. The van der Waals surface area contributed by atoms with Crippen molar-refractivity contribution < 1.29 is 5.11 Å². The zero-order chi connectivity index (χ0) is 11.2. The molecule has 4 nitrogen and oxygen atoms in total. The van der Waals surface area contributed by atoms with Gasteiger partial charge in [0.1, 0.15) is 0 Å². The van der Waals surface area contributed by atoms with Gasteiger partial charge in [0.15, 0.2) is 0 Å². The molecule has 1 heterocycles. The fourth-order valence-electron chi connectivity index (χ4n) is 2.11. The highest BCUT2D eigenvalue weighted by Crippen LogP contribution is 2.23. The maximum absolute atomic E-state index is 8.73. The molecule has 16 heavy (non-hydrogen) atoms. The Labute approximate surface area is 96.0 Å². The van der Waals surface area contributed by atoms with Crippen molar-refractivity contribution in [3.63, 3.8) is 0 Å². The van der Waals surface area contributed by atoms with E-state index in [1.807, 2.05) is 6.07 Å². The van der Waals surface area contributed by atoms with Crippen LogP contribution < -0.4 is 16.2 Å². The van der Waals surface area contributed by atoms with E-state index >= 15 is 0 Å². The van der Waals surface area contributed by atoms with Gasteiger partial charge in [0, 0.05) is 25.6 Å². The predicted molar refractivity (Wildman–Crippen MR) is 63.8 cm³/mol. The zero-order valence-corrected chi connectivity index (χ0v) is 9.32. The molecule has 0 saturated carbocycles. The van der Waals surface area contributed by atoms with Crippen LogP contribution in [0.3, 0.4) is 0 Å². The summed E-state index contributed by atoms with van der Waals surface area (Å²) in [5.41, 5.74) is 7.80. The smallest absolute Gasteiger partial charge is 0.0555 e. The summed E-state index contributed by atoms with van der Waals surface area (Å²) in [7, 11) is 0. The molecule has 0 aliphatic carbocycles. The quantitative estimate of drug-likeness (QED) is 0.530. The van der Waals surface area contributed by atoms with Crippen molar-refractivity contribution in [2.45, 2.75) is 6.04 Å². The lowest BCUT2D eigenvalue weighted by molar-refractivity contribution is 0.286. The van der Waals surface area contributed by atoms with E-state index in [2.05, 4.69) is 40.4 Å². The van der Waals surface area contributed by atoms with Gasteiger partial charge in [-0.1, -0.05) is 30.3 Å². The van der Waals surface area contributed by atoms with E-state index in [1.54, 1.807) is 0 Å². The molecular weight excluding hydrogens is 202 g/mol. The van der Waals surface area contributed by atoms with Crippen molar-refractivity contribution >= 4 is 0 Å². The number of nitrogens with one attached hydrogen (secondary N) is 3. The summed E-state index contributed by atoms with van der Waals surface area (Å²) in [6.45, 7) is 2.74. The van der Waals surface area contributed by atoms with E-state index in [9.17, 15) is 0 Å². The second-order valence-corrected chi connectivity index (χ2v) is 4.10. The largest absolute Gasteiger partial charge is 0.395 e. The van der Waals surface area contributed by atoms with E-state index in [0.717, 1.165) is 13.1 Å². The Morgan fingerprint density at radius 3 is 2.88 bits per heavy atom. The minimum atomic E-state index is 0.198. The van der Waals surface area contributed by atoms with E-state index in [-0.39, 0.29) is 6.61 Å². The summed E-state index contributed by atoms with van der Waals surface area (Å²) in [4.78, 5) is 0. The van der Waals surface area contributed by atoms with Crippen LogP contribution in [0.4, 0.5) is 0 Å². The van der Waals surface area contributed by atoms with Crippen LogP contribution in [0.1, 0.15) is 11.6 Å². The number of hydrazine groups is 1. The minimum Gasteiger partial charge on any atom is -0.395 e. The number of hydrogen-bond donors (Lipinski definition) is 4. The van der Waals surface area contributed by atoms with Gasteiger partial charge in [0.2, 0.25) is 0 Å². The number of hydrogen-bond acceptors (Lipinski definition) is 4. The highest BCUT2D eigenvalue weighted by atomic mass is 16.3. The maximum atomic E-state index is 8.73. The Morgan fingerprint density at radius 1 is 1.31 bits per heavy atom. The molecule has 2 rings (SSSR count). The van der Waals surface area contributed by atoms with Gasteiger partial charge < -0.3 is 10.4 Å². The molecule has 0 bridgehead atoms. The molecule has 4 heteroatoms. The van der Waals surface area contributed by atoms with Crippen LogP contribution in [0.25, 0.3) is 0 Å². The standard InChI is InChI=1S/C12H19N3O/c16-7-6-13-8-11-9-14-15-12(11)10-4-2-1-3-5-10/h1-5,11-16H,6-9H2. The molecule has 4 N–H and O–H groups in total. The molecule has 1 aromatic carbocycles. The van der Waals surface area contributed by atoms with Crippen molar-refractivity contribution in [2.24, 2.45) is 5.92 Å². The van der Waals surface area contributed by atoms with Gasteiger partial charge in [-0.25, -0.2) is 5.43 Å². The normalized spacial score (nSPS) is 24.8. The van der Waals surface area contributed by atoms with Crippen LogP contribution in [0.2, 0.25) is 0 Å². The molecule has 88 valence electrons. The number of aliphatic hydroxyl groups excluding tert-OH is 1. The van der Waals surface area contributed by atoms with Gasteiger partial charge in [-0.15, -0.1) is 0 Å². The molecule has 0 spiro atoms. The van der Waals surface area contributed by atoms with Gasteiger partial charge in [-0.3, -0.25) is 5.43 Å². The van der Waals surface area contributed by atoms with Gasteiger partial charge in [-0.05, 0) is 5.56 Å². The summed E-state index contributed by atoms with van der Waals surface area (Å²) in [5, 5.41) is 12.0. The summed E-state index contributed by atoms with van der Waals surface area (Å²) in [6, 6.07) is 10.8. The van der Waals surface area contributed by atoms with Gasteiger partial charge in [-0.2, -0.15) is 0 Å². The van der Waals surface area contributed by atoms with Crippen LogP contribution in [-0.4, -0.2) is 31.3 Å². The lowest BCUT2D eigenvalue weighted by atomic mass is 9.95. The van der Waals surface area contributed by atoms with Gasteiger partial charge in [0.25, 0.3) is 0 Å². The van der Waals surface area contributed by atoms with Crippen LogP contribution in [0, 0.1) is 5.92 Å². The molecule has 1 aliphatic rings. The monoisotopic (exact) mass is 221 g/mol. The Bertz CT molecular complexity index is 304. The first-order valence-electron chi connectivity index (χ1n) is 5.76. The Hall–Kier alpha value is -0.940. The minimum absolute atomic E-state index is 0.198. The highest BCUT2D eigenvalue weighted by molar-refractivity contribution is 5.20. The molecule has 2 unspecified atom stereocenters. The molecule has 1 saturated heterocycles. The molecule has 1 fully saturated rings. The van der Waals surface area contributed by atoms with Crippen molar-refractivity contribution in [1.29, 1.82) is 0 Å². The van der Waals surface area contributed by atoms with Crippen LogP contribution in [0.5, 0.6) is 0 Å². The van der Waals surface area contributed by atoms with E-state index in [4.69, 9.17) is 5.11 Å². The fraction of sp³-hybridized carbons (Fsp3) is 0.500. The highest BCUT2D eigenvalue weighted by Gasteiger charge is 2.27. The van der Waals surface area contributed by atoms with Crippen LogP contribution >= 0.6 is 0 Å². The Balaban J connectivity index is 1.93. The average molecular weight is 221 g/mol. The first kappa shape index (κ1) is 11.5. The summed E-state index contributed by atoms with van der Waals surface area (Å²) < 4.78 is 0. The van der Waals surface area contributed by atoms with E-state index < -0.39 is 0 Å².